The predicted octanol–water partition coefficient (Wildman–Crippen LogP) is 1.52. The molecule has 1 heterocycles. The second-order valence-electron chi connectivity index (χ2n) is 5.59. The topological polar surface area (TPSA) is 82.8 Å². The lowest BCUT2D eigenvalue weighted by Gasteiger charge is -2.30. The molecule has 0 spiro atoms. The molecule has 1 aliphatic heterocycles. The summed E-state index contributed by atoms with van der Waals surface area (Å²) in [6.07, 6.45) is 0. The van der Waals surface area contributed by atoms with E-state index in [4.69, 9.17) is 19.9 Å². The van der Waals surface area contributed by atoms with Crippen molar-refractivity contribution in [1.29, 1.82) is 0 Å². The van der Waals surface area contributed by atoms with Crippen LogP contribution in [0.1, 0.15) is 17.3 Å². The second-order valence-corrected chi connectivity index (χ2v) is 5.59. The third-order valence-corrected chi connectivity index (χ3v) is 3.84. The molecule has 1 aliphatic rings. The molecule has 6 heteroatoms. The number of nitrogens with two attached hydrogens (primary N) is 1. The van der Waals surface area contributed by atoms with Crippen LogP contribution in [0.3, 0.4) is 0 Å². The van der Waals surface area contributed by atoms with Crippen molar-refractivity contribution in [3.63, 3.8) is 0 Å². The first-order chi connectivity index (χ1) is 10.00. The van der Waals surface area contributed by atoms with Gasteiger partial charge in [0.15, 0.2) is 0 Å². The van der Waals surface area contributed by atoms with Gasteiger partial charge in [-0.3, -0.25) is 0 Å². The van der Waals surface area contributed by atoms with Crippen molar-refractivity contribution in [3.8, 4) is 0 Å². The fourth-order valence-corrected chi connectivity index (χ4v) is 2.51. The van der Waals surface area contributed by atoms with E-state index >= 15 is 0 Å². The molecule has 0 amide bonds. The monoisotopic (exact) mass is 294 g/mol. The van der Waals surface area contributed by atoms with Crippen LogP contribution in [0, 0.1) is 5.41 Å². The lowest BCUT2D eigenvalue weighted by atomic mass is 9.86. The fraction of sp³-hybridized carbons (Fsp3) is 0.533. The highest BCUT2D eigenvalue weighted by Crippen LogP contribution is 2.33. The van der Waals surface area contributed by atoms with Crippen molar-refractivity contribution in [2.45, 2.75) is 13.0 Å². The van der Waals surface area contributed by atoms with Crippen LogP contribution in [0.25, 0.3) is 0 Å². The molecule has 1 saturated heterocycles. The molecule has 0 unspecified atom stereocenters. The molecule has 0 bridgehead atoms. The van der Waals surface area contributed by atoms with Crippen molar-refractivity contribution in [3.05, 3.63) is 23.8 Å². The first-order valence-corrected chi connectivity index (χ1v) is 6.81. The Morgan fingerprint density at radius 3 is 2.95 bits per heavy atom. The average molecular weight is 294 g/mol. The highest BCUT2D eigenvalue weighted by atomic mass is 16.5. The van der Waals surface area contributed by atoms with Crippen LogP contribution >= 0.6 is 0 Å². The van der Waals surface area contributed by atoms with Crippen LogP contribution < -0.4 is 11.1 Å². The third-order valence-electron chi connectivity index (χ3n) is 3.84. The van der Waals surface area contributed by atoms with Crippen LogP contribution in [0.2, 0.25) is 0 Å². The van der Waals surface area contributed by atoms with E-state index in [1.54, 1.807) is 25.3 Å². The summed E-state index contributed by atoms with van der Waals surface area (Å²) in [6, 6.07) is 5.10. The minimum Gasteiger partial charge on any atom is -0.465 e. The first kappa shape index (κ1) is 15.6. The number of ether oxygens (including phenoxy) is 3. The Bertz CT molecular complexity index is 520. The largest absolute Gasteiger partial charge is 0.465 e. The summed E-state index contributed by atoms with van der Waals surface area (Å²) in [5, 5.41) is 3.37. The Morgan fingerprint density at radius 1 is 1.52 bits per heavy atom. The van der Waals surface area contributed by atoms with Gasteiger partial charge in [0.05, 0.1) is 49.9 Å². The Morgan fingerprint density at radius 2 is 2.29 bits per heavy atom. The van der Waals surface area contributed by atoms with Crippen LogP contribution in [-0.2, 0) is 14.2 Å². The molecule has 1 fully saturated rings. The minimum absolute atomic E-state index is 0.0626. The zero-order valence-corrected chi connectivity index (χ0v) is 12.6. The molecular weight excluding hydrogens is 272 g/mol. The number of carbonyl (C=O) groups excluding carboxylic acids is 1. The third kappa shape index (κ3) is 3.28. The molecule has 0 aromatic heterocycles. The Balaban J connectivity index is 2.20. The van der Waals surface area contributed by atoms with Crippen LogP contribution in [0.15, 0.2) is 18.2 Å². The van der Waals surface area contributed by atoms with Crippen molar-refractivity contribution < 1.29 is 19.0 Å². The van der Waals surface area contributed by atoms with Gasteiger partial charge in [0.1, 0.15) is 0 Å². The maximum absolute atomic E-state index is 11.6. The molecule has 6 nitrogen and oxygen atoms in total. The number of nitrogen functional groups attached to an aromatic ring is 1. The van der Waals surface area contributed by atoms with Gasteiger partial charge >= 0.3 is 5.97 Å². The minimum atomic E-state index is -0.389. The van der Waals surface area contributed by atoms with Gasteiger partial charge in [0, 0.05) is 12.5 Å². The number of methoxy groups -OCH3 is 2. The van der Waals surface area contributed by atoms with Gasteiger partial charge in [0.2, 0.25) is 0 Å². The number of esters is 1. The number of benzene rings is 1. The summed E-state index contributed by atoms with van der Waals surface area (Å²) in [4.78, 5) is 11.6. The second kappa shape index (κ2) is 6.32. The van der Waals surface area contributed by atoms with E-state index in [1.807, 2.05) is 0 Å². The zero-order valence-electron chi connectivity index (χ0n) is 12.6. The summed E-state index contributed by atoms with van der Waals surface area (Å²) in [5.74, 6) is -0.389. The van der Waals surface area contributed by atoms with Gasteiger partial charge in [-0.1, -0.05) is 6.92 Å². The van der Waals surface area contributed by atoms with Crippen LogP contribution in [-0.4, -0.2) is 46.1 Å². The van der Waals surface area contributed by atoms with E-state index in [1.165, 1.54) is 7.11 Å². The SMILES string of the molecule is COC[C@]1(C)COC[C@H]1Nc1cc(C(=O)OC)ccc1N. The zero-order chi connectivity index (χ0) is 15.5. The molecule has 116 valence electrons. The quantitative estimate of drug-likeness (QED) is 0.633. The Hall–Kier alpha value is -1.79. The van der Waals surface area contributed by atoms with Gasteiger partial charge in [0.25, 0.3) is 0 Å². The molecule has 0 radical (unpaired) electrons. The highest BCUT2D eigenvalue weighted by molar-refractivity contribution is 5.92. The summed E-state index contributed by atoms with van der Waals surface area (Å²) in [6.45, 7) is 3.87. The first-order valence-electron chi connectivity index (χ1n) is 6.81. The maximum atomic E-state index is 11.6. The predicted molar refractivity (Wildman–Crippen MR) is 80.4 cm³/mol. The fourth-order valence-electron chi connectivity index (χ4n) is 2.51. The summed E-state index contributed by atoms with van der Waals surface area (Å²) in [7, 11) is 3.03. The lowest BCUT2D eigenvalue weighted by molar-refractivity contribution is 0.0600. The van der Waals surface area contributed by atoms with Crippen LogP contribution in [0.4, 0.5) is 11.4 Å². The molecule has 1 aromatic rings. The number of nitrogens with one attached hydrogen (secondary N) is 1. The standard InChI is InChI=1S/C15H22N2O4/c1-15(8-19-2)9-21-7-13(15)17-12-6-10(14(18)20-3)4-5-11(12)16/h4-6,13,17H,7-9,16H2,1-3H3/t13-,15-/m1/s1. The number of anilines is 2. The van der Waals surface area contributed by atoms with Gasteiger partial charge < -0.3 is 25.3 Å². The number of carbonyl (C=O) groups is 1. The van der Waals surface area contributed by atoms with Gasteiger partial charge in [-0.15, -0.1) is 0 Å². The smallest absolute Gasteiger partial charge is 0.337 e. The normalized spacial score (nSPS) is 24.8. The van der Waals surface area contributed by atoms with Crippen molar-refractivity contribution >= 4 is 17.3 Å². The average Bonchev–Trinajstić information content (AvgIpc) is 2.82. The number of hydrogen-bond donors (Lipinski definition) is 2. The molecule has 21 heavy (non-hydrogen) atoms. The van der Waals surface area contributed by atoms with E-state index < -0.39 is 0 Å². The lowest BCUT2D eigenvalue weighted by Crippen LogP contribution is -2.40. The van der Waals surface area contributed by atoms with Gasteiger partial charge in [-0.2, -0.15) is 0 Å². The van der Waals surface area contributed by atoms with E-state index in [2.05, 4.69) is 12.2 Å². The molecule has 0 saturated carbocycles. The Labute approximate surface area is 124 Å². The molecule has 3 N–H and O–H groups in total. The van der Waals surface area contributed by atoms with E-state index in [9.17, 15) is 4.79 Å². The van der Waals surface area contributed by atoms with Crippen molar-refractivity contribution in [1.82, 2.24) is 0 Å². The molecule has 0 aliphatic carbocycles. The summed E-state index contributed by atoms with van der Waals surface area (Å²) >= 11 is 0. The maximum Gasteiger partial charge on any atom is 0.337 e. The Kier molecular flexibility index (Phi) is 4.69. The molecule has 2 atom stereocenters. The van der Waals surface area contributed by atoms with Gasteiger partial charge in [-0.25, -0.2) is 4.79 Å². The molecule has 1 aromatic carbocycles. The molecular formula is C15H22N2O4. The molecule has 2 rings (SSSR count). The highest BCUT2D eigenvalue weighted by Gasteiger charge is 2.40. The number of hydrogen-bond acceptors (Lipinski definition) is 6. The number of rotatable bonds is 5. The summed E-state index contributed by atoms with van der Waals surface area (Å²) in [5.41, 5.74) is 7.59. The van der Waals surface area contributed by atoms with Crippen molar-refractivity contribution in [2.24, 2.45) is 5.41 Å². The van der Waals surface area contributed by atoms with Crippen LogP contribution in [0.5, 0.6) is 0 Å². The van der Waals surface area contributed by atoms with E-state index in [0.717, 1.165) is 0 Å². The summed E-state index contributed by atoms with van der Waals surface area (Å²) < 4.78 is 15.6. The van der Waals surface area contributed by atoms with Gasteiger partial charge in [-0.05, 0) is 18.2 Å². The van der Waals surface area contributed by atoms with Crippen molar-refractivity contribution in [2.75, 3.05) is 45.1 Å². The van der Waals surface area contributed by atoms with E-state index in [0.29, 0.717) is 36.8 Å². The van der Waals surface area contributed by atoms with E-state index in [-0.39, 0.29) is 17.4 Å².